The molecule has 1 aliphatic rings. The summed E-state index contributed by atoms with van der Waals surface area (Å²) in [5, 5.41) is 22.7. The van der Waals surface area contributed by atoms with Gasteiger partial charge in [-0.15, -0.1) is 10.2 Å². The highest BCUT2D eigenvalue weighted by molar-refractivity contribution is 7.15. The summed E-state index contributed by atoms with van der Waals surface area (Å²) < 4.78 is 5.14. The number of aromatic nitrogens is 2. The largest absolute Gasteiger partial charge is 0.497 e. The van der Waals surface area contributed by atoms with Gasteiger partial charge in [0.25, 0.3) is 11.6 Å². The van der Waals surface area contributed by atoms with Gasteiger partial charge in [-0.3, -0.25) is 25.0 Å². The molecule has 1 aliphatic heterocycles. The Morgan fingerprint density at radius 3 is 2.72 bits per heavy atom. The Bertz CT molecular complexity index is 1200. The fourth-order valence-corrected chi connectivity index (χ4v) is 4.34. The zero-order chi connectivity index (χ0) is 22.8. The molecule has 4 rings (SSSR count). The highest BCUT2D eigenvalue weighted by atomic mass is 35.5. The molecular formula is C20H16ClN5O5S. The van der Waals surface area contributed by atoms with E-state index in [2.05, 4.69) is 15.5 Å². The first kappa shape index (κ1) is 21.7. The molecule has 164 valence electrons. The summed E-state index contributed by atoms with van der Waals surface area (Å²) in [4.78, 5) is 37.3. The normalized spacial score (nSPS) is 15.6. The minimum Gasteiger partial charge on any atom is -0.497 e. The number of nitro groups is 1. The molecule has 3 aromatic rings. The molecule has 12 heteroatoms. The maximum absolute atomic E-state index is 12.5. The number of halogens is 1. The van der Waals surface area contributed by atoms with E-state index in [-0.39, 0.29) is 34.0 Å². The average Bonchev–Trinajstić information content (AvgIpc) is 3.40. The fourth-order valence-electron chi connectivity index (χ4n) is 3.35. The van der Waals surface area contributed by atoms with Gasteiger partial charge in [-0.05, 0) is 36.4 Å². The number of anilines is 2. The van der Waals surface area contributed by atoms with E-state index in [1.807, 2.05) is 12.1 Å². The van der Waals surface area contributed by atoms with Crippen LogP contribution in [-0.4, -0.2) is 40.6 Å². The van der Waals surface area contributed by atoms with Crippen LogP contribution < -0.4 is 15.0 Å². The van der Waals surface area contributed by atoms with Crippen LogP contribution in [0.5, 0.6) is 5.75 Å². The van der Waals surface area contributed by atoms with Crippen LogP contribution in [0.3, 0.4) is 0 Å². The first-order chi connectivity index (χ1) is 15.4. The van der Waals surface area contributed by atoms with Crippen molar-refractivity contribution in [1.82, 2.24) is 10.2 Å². The third-order valence-corrected chi connectivity index (χ3v) is 6.16. The third-order valence-electron chi connectivity index (χ3n) is 4.92. The molecule has 1 aromatic heterocycles. The molecule has 1 fully saturated rings. The second-order valence-corrected chi connectivity index (χ2v) is 8.37. The molecule has 2 aromatic carbocycles. The van der Waals surface area contributed by atoms with Crippen molar-refractivity contribution in [3.8, 4) is 5.75 Å². The summed E-state index contributed by atoms with van der Waals surface area (Å²) in [6, 6.07) is 11.0. The number of nitrogens with zero attached hydrogens (tertiary/aromatic N) is 4. The number of amides is 2. The van der Waals surface area contributed by atoms with Crippen molar-refractivity contribution in [3.05, 3.63) is 68.2 Å². The van der Waals surface area contributed by atoms with E-state index < -0.39 is 16.5 Å². The van der Waals surface area contributed by atoms with Gasteiger partial charge in [0.1, 0.15) is 16.3 Å². The molecular weight excluding hydrogens is 458 g/mol. The Hall–Kier alpha value is -3.57. The van der Waals surface area contributed by atoms with Gasteiger partial charge >= 0.3 is 0 Å². The van der Waals surface area contributed by atoms with Gasteiger partial charge in [-0.1, -0.05) is 22.9 Å². The van der Waals surface area contributed by atoms with Crippen LogP contribution in [0.2, 0.25) is 5.02 Å². The summed E-state index contributed by atoms with van der Waals surface area (Å²) in [7, 11) is 1.57. The minimum atomic E-state index is -0.696. The zero-order valence-corrected chi connectivity index (χ0v) is 18.2. The second-order valence-electron chi connectivity index (χ2n) is 6.92. The standard InChI is InChI=1S/C20H16ClN5O5S/c1-31-14-5-3-13(4-6-14)25-10-11(8-17(25)27)19-23-24-20(32-19)22-18(28)15-7-2-12(21)9-16(15)26(29)30/h2-7,9,11H,8,10H2,1H3,(H,22,24,28). The van der Waals surface area contributed by atoms with Crippen molar-refractivity contribution in [2.75, 3.05) is 23.9 Å². The van der Waals surface area contributed by atoms with Crippen LogP contribution in [0.4, 0.5) is 16.5 Å². The number of hydrogen-bond acceptors (Lipinski definition) is 8. The molecule has 2 heterocycles. The minimum absolute atomic E-state index is 0.0438. The van der Waals surface area contributed by atoms with Gasteiger partial charge in [0.2, 0.25) is 11.0 Å². The molecule has 10 nitrogen and oxygen atoms in total. The molecule has 0 saturated carbocycles. The van der Waals surface area contributed by atoms with E-state index in [4.69, 9.17) is 16.3 Å². The number of nitro benzene ring substituents is 1. The Kier molecular flexibility index (Phi) is 6.01. The molecule has 1 unspecified atom stereocenters. The van der Waals surface area contributed by atoms with Gasteiger partial charge in [0.15, 0.2) is 0 Å². The van der Waals surface area contributed by atoms with E-state index in [1.165, 1.54) is 12.1 Å². The average molecular weight is 474 g/mol. The summed E-state index contributed by atoms with van der Waals surface area (Å²) >= 11 is 6.92. The van der Waals surface area contributed by atoms with E-state index in [0.29, 0.717) is 17.3 Å². The van der Waals surface area contributed by atoms with Crippen LogP contribution in [0.1, 0.15) is 27.7 Å². The number of nitrogens with one attached hydrogen (secondary N) is 1. The number of carbonyl (C=O) groups excluding carboxylic acids is 2. The van der Waals surface area contributed by atoms with Gasteiger partial charge in [0.05, 0.1) is 12.0 Å². The highest BCUT2D eigenvalue weighted by Crippen LogP contribution is 2.35. The molecule has 0 spiro atoms. The van der Waals surface area contributed by atoms with Crippen molar-refractivity contribution >= 4 is 51.3 Å². The maximum atomic E-state index is 12.5. The van der Waals surface area contributed by atoms with Gasteiger partial charge in [0, 0.05) is 35.7 Å². The Balaban J connectivity index is 1.47. The number of rotatable bonds is 6. The Morgan fingerprint density at radius 2 is 2.03 bits per heavy atom. The number of hydrogen-bond donors (Lipinski definition) is 1. The molecule has 0 radical (unpaired) electrons. The molecule has 1 N–H and O–H groups in total. The topological polar surface area (TPSA) is 128 Å². The number of carbonyl (C=O) groups is 2. The van der Waals surface area contributed by atoms with Crippen LogP contribution in [0.25, 0.3) is 0 Å². The highest BCUT2D eigenvalue weighted by Gasteiger charge is 2.34. The van der Waals surface area contributed by atoms with E-state index in [1.54, 1.807) is 24.1 Å². The summed E-state index contributed by atoms with van der Waals surface area (Å²) in [6.07, 6.45) is 0.261. The van der Waals surface area contributed by atoms with E-state index in [9.17, 15) is 19.7 Å². The molecule has 0 bridgehead atoms. The SMILES string of the molecule is COc1ccc(N2CC(c3nnc(NC(=O)c4ccc(Cl)cc4[N+](=O)[O-])s3)CC2=O)cc1. The first-order valence-electron chi connectivity index (χ1n) is 9.39. The predicted molar refractivity (Wildman–Crippen MR) is 119 cm³/mol. The van der Waals surface area contributed by atoms with Gasteiger partial charge < -0.3 is 9.64 Å². The van der Waals surface area contributed by atoms with Crippen LogP contribution in [0, 0.1) is 10.1 Å². The van der Waals surface area contributed by atoms with Crippen molar-refractivity contribution in [2.24, 2.45) is 0 Å². The number of ether oxygens (including phenoxy) is 1. The summed E-state index contributed by atoms with van der Waals surface area (Å²) in [5.41, 5.74) is 0.209. The number of methoxy groups -OCH3 is 1. The first-order valence-corrected chi connectivity index (χ1v) is 10.6. The Morgan fingerprint density at radius 1 is 1.28 bits per heavy atom. The van der Waals surface area contributed by atoms with Gasteiger partial charge in [-0.2, -0.15) is 0 Å². The lowest BCUT2D eigenvalue weighted by Crippen LogP contribution is -2.24. The van der Waals surface area contributed by atoms with Crippen LogP contribution in [-0.2, 0) is 4.79 Å². The maximum Gasteiger partial charge on any atom is 0.283 e. The lowest BCUT2D eigenvalue weighted by Gasteiger charge is -2.16. The lowest BCUT2D eigenvalue weighted by molar-refractivity contribution is -0.385. The molecule has 2 amide bonds. The summed E-state index contributed by atoms with van der Waals surface area (Å²) in [6.45, 7) is 0.427. The number of benzene rings is 2. The second kappa shape index (κ2) is 8.89. The molecule has 32 heavy (non-hydrogen) atoms. The Labute approximate surface area is 190 Å². The molecule has 0 aliphatic carbocycles. The predicted octanol–water partition coefficient (Wildman–Crippen LogP) is 3.88. The quantitative estimate of drug-likeness (QED) is 0.425. The molecule has 1 saturated heterocycles. The monoisotopic (exact) mass is 473 g/mol. The zero-order valence-electron chi connectivity index (χ0n) is 16.6. The van der Waals surface area contributed by atoms with E-state index >= 15 is 0 Å². The van der Waals surface area contributed by atoms with Crippen molar-refractivity contribution in [1.29, 1.82) is 0 Å². The third kappa shape index (κ3) is 4.39. The lowest BCUT2D eigenvalue weighted by atomic mass is 10.1. The van der Waals surface area contributed by atoms with Crippen LogP contribution >= 0.6 is 22.9 Å². The van der Waals surface area contributed by atoms with Gasteiger partial charge in [-0.25, -0.2) is 0 Å². The molecule has 1 atom stereocenters. The van der Waals surface area contributed by atoms with E-state index in [0.717, 1.165) is 23.1 Å². The van der Waals surface area contributed by atoms with Crippen molar-refractivity contribution in [2.45, 2.75) is 12.3 Å². The van der Waals surface area contributed by atoms with Crippen LogP contribution in [0.15, 0.2) is 42.5 Å². The fraction of sp³-hybridized carbons (Fsp3) is 0.200. The summed E-state index contributed by atoms with van der Waals surface area (Å²) in [5.74, 6) is -0.226. The van der Waals surface area contributed by atoms with Crippen molar-refractivity contribution < 1.29 is 19.2 Å². The van der Waals surface area contributed by atoms with Crippen molar-refractivity contribution in [3.63, 3.8) is 0 Å². The smallest absolute Gasteiger partial charge is 0.283 e.